The average molecular weight is 224 g/mol. The molecule has 0 aliphatic carbocycles. The predicted molar refractivity (Wildman–Crippen MR) is 57.2 cm³/mol. The van der Waals surface area contributed by atoms with Crippen LogP contribution in [0.3, 0.4) is 0 Å². The lowest BCUT2D eigenvalue weighted by Crippen LogP contribution is -1.99. The van der Waals surface area contributed by atoms with Crippen LogP contribution < -0.4 is 4.74 Å². The van der Waals surface area contributed by atoms with Crippen LogP contribution >= 0.6 is 11.6 Å². The largest absolute Gasteiger partial charge is 0.497 e. The normalized spacial score (nSPS) is 9.40. The van der Waals surface area contributed by atoms with Gasteiger partial charge in [-0.15, -0.1) is 0 Å². The second-order valence-electron chi connectivity index (χ2n) is 2.93. The number of nitrogens with zero attached hydrogens (tertiary/aromatic N) is 1. The molecule has 0 saturated carbocycles. The number of ether oxygens (including phenoxy) is 1. The van der Waals surface area contributed by atoms with Crippen molar-refractivity contribution in [2.45, 2.75) is 12.8 Å². The lowest BCUT2D eigenvalue weighted by atomic mass is 10.1. The highest BCUT2D eigenvalue weighted by atomic mass is 35.5. The van der Waals surface area contributed by atoms with E-state index >= 15 is 0 Å². The Morgan fingerprint density at radius 3 is 2.87 bits per heavy atom. The van der Waals surface area contributed by atoms with E-state index in [1.54, 1.807) is 18.2 Å². The van der Waals surface area contributed by atoms with Gasteiger partial charge in [0.15, 0.2) is 5.78 Å². The maximum absolute atomic E-state index is 11.5. The summed E-state index contributed by atoms with van der Waals surface area (Å²) in [6.45, 7) is 0. The van der Waals surface area contributed by atoms with Crippen LogP contribution in [0.5, 0.6) is 5.75 Å². The fourth-order valence-corrected chi connectivity index (χ4v) is 1.43. The number of ketones is 1. The molecular weight excluding hydrogens is 214 g/mol. The summed E-state index contributed by atoms with van der Waals surface area (Å²) in [6.07, 6.45) is 0.406. The lowest BCUT2D eigenvalue weighted by Gasteiger charge is -2.04. The summed E-state index contributed by atoms with van der Waals surface area (Å²) in [6, 6.07) is 6.79. The number of carbonyl (C=O) groups is 1. The molecule has 0 amide bonds. The van der Waals surface area contributed by atoms with Gasteiger partial charge in [-0.2, -0.15) is 5.26 Å². The van der Waals surface area contributed by atoms with Gasteiger partial charge in [0.1, 0.15) is 5.75 Å². The summed E-state index contributed by atoms with van der Waals surface area (Å²) in [4.78, 5) is 11.5. The Morgan fingerprint density at radius 2 is 2.33 bits per heavy atom. The van der Waals surface area contributed by atoms with Gasteiger partial charge in [-0.1, -0.05) is 11.6 Å². The number of rotatable bonds is 4. The van der Waals surface area contributed by atoms with Crippen molar-refractivity contribution in [1.82, 2.24) is 0 Å². The number of nitriles is 1. The molecule has 78 valence electrons. The van der Waals surface area contributed by atoms with E-state index in [4.69, 9.17) is 21.6 Å². The zero-order valence-electron chi connectivity index (χ0n) is 8.29. The van der Waals surface area contributed by atoms with Gasteiger partial charge in [-0.3, -0.25) is 4.79 Å². The van der Waals surface area contributed by atoms with Crippen LogP contribution in [0.15, 0.2) is 18.2 Å². The molecule has 1 aromatic rings. The van der Waals surface area contributed by atoms with E-state index in [2.05, 4.69) is 0 Å². The van der Waals surface area contributed by atoms with Gasteiger partial charge in [0.05, 0.1) is 18.2 Å². The van der Waals surface area contributed by atoms with Crippen molar-refractivity contribution in [1.29, 1.82) is 5.26 Å². The van der Waals surface area contributed by atoms with Crippen LogP contribution in [0, 0.1) is 11.3 Å². The fraction of sp³-hybridized carbons (Fsp3) is 0.273. The molecule has 0 spiro atoms. The third-order valence-corrected chi connectivity index (χ3v) is 2.25. The highest BCUT2D eigenvalue weighted by Gasteiger charge is 2.10. The van der Waals surface area contributed by atoms with Gasteiger partial charge in [0, 0.05) is 18.4 Å². The Morgan fingerprint density at radius 1 is 1.60 bits per heavy atom. The maximum Gasteiger partial charge on any atom is 0.165 e. The van der Waals surface area contributed by atoms with Gasteiger partial charge in [0.2, 0.25) is 0 Å². The smallest absolute Gasteiger partial charge is 0.165 e. The van der Waals surface area contributed by atoms with Gasteiger partial charge in [0.25, 0.3) is 0 Å². The topological polar surface area (TPSA) is 50.1 Å². The molecule has 0 fully saturated rings. The minimum Gasteiger partial charge on any atom is -0.497 e. The SMILES string of the molecule is COc1ccc(C(=O)CCC#N)c(Cl)c1. The first-order valence-corrected chi connectivity index (χ1v) is 4.80. The monoisotopic (exact) mass is 223 g/mol. The second kappa shape index (κ2) is 5.38. The third kappa shape index (κ3) is 2.97. The van der Waals surface area contributed by atoms with Gasteiger partial charge < -0.3 is 4.74 Å². The van der Waals surface area contributed by atoms with Gasteiger partial charge >= 0.3 is 0 Å². The van der Waals surface area contributed by atoms with Crippen LogP contribution in [-0.2, 0) is 0 Å². The minimum absolute atomic E-state index is 0.121. The zero-order valence-corrected chi connectivity index (χ0v) is 9.04. The number of Topliss-reactive ketones (excluding diaryl/α,β-unsaturated/α-hetero) is 1. The first-order chi connectivity index (χ1) is 7.19. The van der Waals surface area contributed by atoms with Crippen LogP contribution in [-0.4, -0.2) is 12.9 Å². The molecule has 1 aromatic carbocycles. The third-order valence-electron chi connectivity index (χ3n) is 1.94. The second-order valence-corrected chi connectivity index (χ2v) is 3.33. The number of hydrogen-bond acceptors (Lipinski definition) is 3. The molecule has 0 bridgehead atoms. The Labute approximate surface area is 93.2 Å². The molecule has 15 heavy (non-hydrogen) atoms. The van der Waals surface area contributed by atoms with Crippen LogP contribution in [0.1, 0.15) is 23.2 Å². The van der Waals surface area contributed by atoms with Crippen molar-refractivity contribution in [2.75, 3.05) is 7.11 Å². The number of halogens is 1. The summed E-state index contributed by atoms with van der Waals surface area (Å²) in [5.74, 6) is 0.487. The van der Waals surface area contributed by atoms with E-state index in [1.807, 2.05) is 6.07 Å². The number of benzene rings is 1. The quantitative estimate of drug-likeness (QED) is 0.738. The lowest BCUT2D eigenvalue weighted by molar-refractivity contribution is 0.0984. The molecule has 0 N–H and O–H groups in total. The Kier molecular flexibility index (Phi) is 4.14. The van der Waals surface area contributed by atoms with Crippen molar-refractivity contribution in [3.05, 3.63) is 28.8 Å². The summed E-state index contributed by atoms with van der Waals surface area (Å²) in [5, 5.41) is 8.72. The van der Waals surface area contributed by atoms with Crippen molar-refractivity contribution >= 4 is 17.4 Å². The standard InChI is InChI=1S/C11H10ClNO2/c1-15-8-4-5-9(10(12)7-8)11(14)3-2-6-13/h4-5,7H,2-3H2,1H3. The van der Waals surface area contributed by atoms with E-state index in [-0.39, 0.29) is 18.6 Å². The van der Waals surface area contributed by atoms with Crippen LogP contribution in [0.4, 0.5) is 0 Å². The summed E-state index contributed by atoms with van der Waals surface area (Å²) < 4.78 is 4.96. The number of carbonyl (C=O) groups excluding carboxylic acids is 1. The molecule has 0 aromatic heterocycles. The minimum atomic E-state index is -0.121. The van der Waals surface area contributed by atoms with E-state index in [0.717, 1.165) is 0 Å². The van der Waals surface area contributed by atoms with E-state index in [0.29, 0.717) is 16.3 Å². The van der Waals surface area contributed by atoms with Crippen molar-refractivity contribution in [3.63, 3.8) is 0 Å². The number of methoxy groups -OCH3 is 1. The highest BCUT2D eigenvalue weighted by Crippen LogP contribution is 2.23. The van der Waals surface area contributed by atoms with Gasteiger partial charge in [-0.05, 0) is 18.2 Å². The summed E-state index contributed by atoms with van der Waals surface area (Å²) >= 11 is 5.90. The molecule has 0 aliphatic heterocycles. The molecule has 4 heteroatoms. The Balaban J connectivity index is 2.86. The first-order valence-electron chi connectivity index (χ1n) is 4.42. The summed E-state index contributed by atoms with van der Waals surface area (Å²) in [7, 11) is 1.53. The average Bonchev–Trinajstić information content (AvgIpc) is 2.25. The molecule has 0 unspecified atom stereocenters. The van der Waals surface area contributed by atoms with Crippen molar-refractivity contribution in [3.8, 4) is 11.8 Å². The van der Waals surface area contributed by atoms with E-state index < -0.39 is 0 Å². The molecule has 3 nitrogen and oxygen atoms in total. The van der Waals surface area contributed by atoms with Crippen LogP contribution in [0.25, 0.3) is 0 Å². The summed E-state index contributed by atoms with van der Waals surface area (Å²) in [5.41, 5.74) is 0.438. The highest BCUT2D eigenvalue weighted by molar-refractivity contribution is 6.34. The fourth-order valence-electron chi connectivity index (χ4n) is 1.15. The Bertz CT molecular complexity index is 410. The first kappa shape index (κ1) is 11.5. The molecule has 0 radical (unpaired) electrons. The number of hydrogen-bond donors (Lipinski definition) is 0. The van der Waals surface area contributed by atoms with E-state index in [1.165, 1.54) is 7.11 Å². The molecular formula is C11H10ClNO2. The maximum atomic E-state index is 11.5. The van der Waals surface area contributed by atoms with E-state index in [9.17, 15) is 4.79 Å². The molecule has 0 heterocycles. The molecule has 0 atom stereocenters. The molecule has 0 aliphatic rings. The predicted octanol–water partition coefficient (Wildman–Crippen LogP) is 2.84. The zero-order chi connectivity index (χ0) is 11.3. The Hall–Kier alpha value is -1.53. The van der Waals surface area contributed by atoms with Crippen molar-refractivity contribution in [2.24, 2.45) is 0 Å². The van der Waals surface area contributed by atoms with Crippen LogP contribution in [0.2, 0.25) is 5.02 Å². The molecule has 1 rings (SSSR count). The molecule has 0 saturated heterocycles. The van der Waals surface area contributed by atoms with Crippen molar-refractivity contribution < 1.29 is 9.53 Å². The van der Waals surface area contributed by atoms with Gasteiger partial charge in [-0.25, -0.2) is 0 Å².